The third kappa shape index (κ3) is 5.32. The van der Waals surface area contributed by atoms with E-state index in [2.05, 4.69) is 35.3 Å². The number of Topliss-reactive ketones (excluding diaryl/α,β-unsaturated/α-hetero) is 1. The van der Waals surface area contributed by atoms with Crippen molar-refractivity contribution in [2.45, 2.75) is 50.8 Å². The molecule has 4 aromatic rings. The van der Waals surface area contributed by atoms with Gasteiger partial charge in [0.15, 0.2) is 11.9 Å². The third-order valence-electron chi connectivity index (χ3n) is 8.66. The summed E-state index contributed by atoms with van der Waals surface area (Å²) in [4.78, 5) is 62.5. The van der Waals surface area contributed by atoms with Crippen molar-refractivity contribution in [3.05, 3.63) is 104 Å². The maximum atomic E-state index is 13.1. The van der Waals surface area contributed by atoms with Crippen molar-refractivity contribution in [2.24, 2.45) is 5.73 Å². The number of aromatic amines is 1. The number of hydrogen-bond acceptors (Lipinski definition) is 11. The number of ketones is 1. The third-order valence-corrected chi connectivity index (χ3v) is 8.66. The Morgan fingerprint density at radius 2 is 1.85 bits per heavy atom. The van der Waals surface area contributed by atoms with Gasteiger partial charge in [-0.05, 0) is 66.5 Å². The molecule has 6 N–H and O–H groups in total. The molecule has 2 atom stereocenters. The van der Waals surface area contributed by atoms with Gasteiger partial charge >= 0.3 is 5.76 Å². The molecule has 2 aliphatic carbocycles. The lowest BCUT2D eigenvalue weighted by Gasteiger charge is -2.35. The van der Waals surface area contributed by atoms with Crippen LogP contribution in [0, 0.1) is 0 Å². The Bertz CT molecular complexity index is 1980. The highest BCUT2D eigenvalue weighted by Gasteiger charge is 2.40. The summed E-state index contributed by atoms with van der Waals surface area (Å²) in [5.41, 5.74) is 12.0. The Balaban J connectivity index is 1.01. The normalized spacial score (nSPS) is 18.8. The van der Waals surface area contributed by atoms with Crippen LogP contribution in [0.25, 0.3) is 11.4 Å². The number of anilines is 1. The molecule has 0 saturated heterocycles. The molecule has 1 aliphatic heterocycles. The molecule has 2 aromatic carbocycles. The molecule has 14 heteroatoms. The van der Waals surface area contributed by atoms with Gasteiger partial charge in [0.05, 0.1) is 11.7 Å². The molecule has 234 valence electrons. The first-order valence-corrected chi connectivity index (χ1v) is 15.0. The maximum absolute atomic E-state index is 13.1. The number of benzene rings is 2. The first-order valence-electron chi connectivity index (χ1n) is 15.0. The number of H-pyrrole nitrogens is 1. The number of nitrogens with one attached hydrogen (secondary N) is 3. The van der Waals surface area contributed by atoms with E-state index in [-0.39, 0.29) is 35.5 Å². The summed E-state index contributed by atoms with van der Waals surface area (Å²) in [6.45, 7) is 0.779. The average Bonchev–Trinajstić information content (AvgIpc) is 3.64. The van der Waals surface area contributed by atoms with Crippen molar-refractivity contribution in [3.8, 4) is 11.4 Å². The van der Waals surface area contributed by atoms with Crippen LogP contribution in [-0.2, 0) is 24.2 Å². The quantitative estimate of drug-likeness (QED) is 0.199. The summed E-state index contributed by atoms with van der Waals surface area (Å²) in [5.74, 6) is -1.59. The molecule has 46 heavy (non-hydrogen) atoms. The van der Waals surface area contributed by atoms with Crippen LogP contribution in [0.5, 0.6) is 0 Å². The van der Waals surface area contributed by atoms with E-state index in [9.17, 15) is 24.3 Å². The Hall–Kier alpha value is -5.63. The maximum Gasteiger partial charge on any atom is 0.439 e. The van der Waals surface area contributed by atoms with Crippen LogP contribution in [-0.4, -0.2) is 55.5 Å². The van der Waals surface area contributed by atoms with Gasteiger partial charge in [0.25, 0.3) is 11.8 Å². The van der Waals surface area contributed by atoms with E-state index in [4.69, 9.17) is 5.73 Å². The molecule has 0 bridgehead atoms. The standard InChI is InChI=1S/C32H30N8O6/c33-25-26(28(42)27(25)41)40-10-2-1-3-17-5-4-16(11-24(17)40)14-34-30(43)22-13-23(36-15-35-22)31(44)37-21-9-7-18-12-19(6-8-20(18)21)29-38-32(45)46-39-29/h4-6,8,11-13,15,21,27,41H,1-3,7,9-10,14,33H2,(H,34,43)(H,37,44)(H,38,39,45)/t21-,27?/m0/s1. The minimum atomic E-state index is -1.26. The van der Waals surface area contributed by atoms with Crippen molar-refractivity contribution >= 4 is 23.3 Å². The second-order valence-electron chi connectivity index (χ2n) is 11.5. The molecule has 2 aromatic heterocycles. The largest absolute Gasteiger partial charge is 0.439 e. The number of aliphatic hydroxyl groups excluding tert-OH is 1. The molecule has 0 spiro atoms. The van der Waals surface area contributed by atoms with Crippen LogP contribution in [0.1, 0.15) is 68.5 Å². The van der Waals surface area contributed by atoms with E-state index in [0.717, 1.165) is 53.6 Å². The lowest BCUT2D eigenvalue weighted by Crippen LogP contribution is -2.48. The van der Waals surface area contributed by atoms with Gasteiger partial charge in [-0.3, -0.25) is 23.9 Å². The minimum absolute atomic E-state index is 0.0431. The van der Waals surface area contributed by atoms with Crippen molar-refractivity contribution < 1.29 is 24.0 Å². The van der Waals surface area contributed by atoms with Crippen LogP contribution >= 0.6 is 0 Å². The zero-order chi connectivity index (χ0) is 31.9. The Labute approximate surface area is 261 Å². The number of amides is 2. The van der Waals surface area contributed by atoms with Crippen LogP contribution in [0.4, 0.5) is 5.69 Å². The molecular weight excluding hydrogens is 592 g/mol. The number of aliphatic hydroxyl groups is 1. The fourth-order valence-electron chi connectivity index (χ4n) is 6.25. The number of aromatic nitrogens is 4. The van der Waals surface area contributed by atoms with E-state index in [1.165, 1.54) is 12.4 Å². The number of aryl methyl sites for hydroxylation is 2. The van der Waals surface area contributed by atoms with E-state index in [1.807, 2.05) is 35.2 Å². The zero-order valence-electron chi connectivity index (χ0n) is 24.6. The number of fused-ring (bicyclic) bond motifs is 2. The predicted molar refractivity (Wildman–Crippen MR) is 163 cm³/mol. The number of rotatable bonds is 7. The molecule has 1 unspecified atom stereocenters. The van der Waals surface area contributed by atoms with Crippen LogP contribution < -0.4 is 27.0 Å². The number of nitrogens with zero attached hydrogens (tertiary/aromatic N) is 4. The summed E-state index contributed by atoms with van der Waals surface area (Å²) in [6, 6.07) is 12.5. The number of nitrogens with two attached hydrogens (primary N) is 1. The summed E-state index contributed by atoms with van der Waals surface area (Å²) in [6.07, 6.45) is 3.98. The lowest BCUT2D eigenvalue weighted by atomic mass is 9.93. The fourth-order valence-corrected chi connectivity index (χ4v) is 6.25. The average molecular weight is 623 g/mol. The van der Waals surface area contributed by atoms with Crippen molar-refractivity contribution in [1.29, 1.82) is 0 Å². The van der Waals surface area contributed by atoms with Gasteiger partial charge in [-0.1, -0.05) is 29.4 Å². The summed E-state index contributed by atoms with van der Waals surface area (Å²) < 4.78 is 4.59. The fraction of sp³-hybridized carbons (Fsp3) is 0.281. The monoisotopic (exact) mass is 622 g/mol. The van der Waals surface area contributed by atoms with E-state index < -0.39 is 23.7 Å². The molecule has 14 nitrogen and oxygen atoms in total. The molecule has 2 amide bonds. The molecule has 0 radical (unpaired) electrons. The second-order valence-corrected chi connectivity index (χ2v) is 11.5. The van der Waals surface area contributed by atoms with Crippen molar-refractivity contribution in [1.82, 2.24) is 30.7 Å². The second kappa shape index (κ2) is 11.7. The van der Waals surface area contributed by atoms with Gasteiger partial charge in [-0.25, -0.2) is 14.8 Å². The predicted octanol–water partition coefficient (Wildman–Crippen LogP) is 1.42. The number of carbonyl (C=O) groups excluding carboxylic acids is 3. The molecular formula is C32H30N8O6. The molecule has 3 heterocycles. The van der Waals surface area contributed by atoms with Crippen molar-refractivity contribution in [3.63, 3.8) is 0 Å². The molecule has 7 rings (SSSR count). The van der Waals surface area contributed by atoms with Gasteiger partial charge in [-0.2, -0.15) is 0 Å². The van der Waals surface area contributed by atoms with Crippen molar-refractivity contribution in [2.75, 3.05) is 11.4 Å². The highest BCUT2D eigenvalue weighted by molar-refractivity contribution is 6.11. The Kier molecular flexibility index (Phi) is 7.41. The number of carbonyl (C=O) groups is 3. The smallest absolute Gasteiger partial charge is 0.398 e. The summed E-state index contributed by atoms with van der Waals surface area (Å²) in [7, 11) is 0. The van der Waals surface area contributed by atoms with Crippen LogP contribution in [0.15, 0.2) is 69.5 Å². The topological polar surface area (TPSA) is 209 Å². The first kappa shape index (κ1) is 29.1. The SMILES string of the molecule is NC1=C(N2CCCCc3ccc(CNC(=O)c4cc(C(=O)N[C@H]5CCc6cc(-c7noc(=O)[nH]7)ccc65)ncn4)cc32)C(=O)C1O. The first-order chi connectivity index (χ1) is 22.3. The molecule has 0 fully saturated rings. The zero-order valence-corrected chi connectivity index (χ0v) is 24.6. The molecule has 3 aliphatic rings. The van der Waals surface area contributed by atoms with Gasteiger partial charge < -0.3 is 26.4 Å². The molecule has 0 saturated carbocycles. The van der Waals surface area contributed by atoms with Crippen LogP contribution in [0.3, 0.4) is 0 Å². The lowest BCUT2D eigenvalue weighted by molar-refractivity contribution is -0.124. The van der Waals surface area contributed by atoms with Gasteiger partial charge in [0.1, 0.15) is 23.4 Å². The van der Waals surface area contributed by atoms with E-state index in [0.29, 0.717) is 30.1 Å². The van der Waals surface area contributed by atoms with E-state index >= 15 is 0 Å². The summed E-state index contributed by atoms with van der Waals surface area (Å²) >= 11 is 0. The Morgan fingerprint density at radius 3 is 2.63 bits per heavy atom. The highest BCUT2D eigenvalue weighted by atomic mass is 16.5. The minimum Gasteiger partial charge on any atom is -0.398 e. The van der Waals surface area contributed by atoms with Crippen LogP contribution in [0.2, 0.25) is 0 Å². The van der Waals surface area contributed by atoms with Gasteiger partial charge in [0.2, 0.25) is 5.78 Å². The van der Waals surface area contributed by atoms with E-state index in [1.54, 1.807) is 6.07 Å². The Morgan fingerprint density at radius 1 is 1.02 bits per heavy atom. The summed E-state index contributed by atoms with van der Waals surface area (Å²) in [5, 5.41) is 19.4. The van der Waals surface area contributed by atoms with Gasteiger partial charge in [-0.15, -0.1) is 0 Å². The number of hydrogen-bond donors (Lipinski definition) is 5. The highest BCUT2D eigenvalue weighted by Crippen LogP contribution is 2.36. The van der Waals surface area contributed by atoms with Gasteiger partial charge in [0, 0.05) is 30.4 Å².